The fraction of sp³-hybridized carbons (Fsp3) is 0. The largest absolute Gasteiger partial charge is 0.361 e. The summed E-state index contributed by atoms with van der Waals surface area (Å²) in [5.74, 6) is 0. The van der Waals surface area contributed by atoms with Crippen LogP contribution in [0, 0.1) is 0 Å². The second-order valence-electron chi connectivity index (χ2n) is 4.78. The summed E-state index contributed by atoms with van der Waals surface area (Å²) in [7, 11) is 0. The molecule has 98 valence electrons. The maximum atomic E-state index is 6.11. The fourth-order valence-corrected chi connectivity index (χ4v) is 2.98. The van der Waals surface area contributed by atoms with Crippen molar-refractivity contribution in [1.29, 1.82) is 0 Å². The molecule has 0 spiro atoms. The van der Waals surface area contributed by atoms with Crippen LogP contribution < -0.4 is 0 Å². The van der Waals surface area contributed by atoms with Gasteiger partial charge in [-0.05, 0) is 36.4 Å². The normalized spacial score (nSPS) is 11.5. The minimum absolute atomic E-state index is 0.733. The predicted octanol–water partition coefficient (Wildman–Crippen LogP) is 5.62. The van der Waals surface area contributed by atoms with Crippen molar-refractivity contribution in [2.75, 3.05) is 0 Å². The van der Waals surface area contributed by atoms with E-state index in [2.05, 4.69) is 9.97 Å². The molecule has 2 heterocycles. The van der Waals surface area contributed by atoms with Crippen molar-refractivity contribution in [2.24, 2.45) is 0 Å². The zero-order valence-corrected chi connectivity index (χ0v) is 11.9. The van der Waals surface area contributed by atoms with Crippen molar-refractivity contribution in [1.82, 2.24) is 9.97 Å². The standard InChI is InChI=1S/C16H10Cl2N2/c17-9-1-3-15-11(5-9)13(7-19-15)14-8-20-16-4-2-10(18)6-12(14)16/h1-8,19-20H. The molecule has 0 unspecified atom stereocenters. The summed E-state index contributed by atoms with van der Waals surface area (Å²) >= 11 is 12.2. The fourth-order valence-electron chi connectivity index (χ4n) is 2.63. The second-order valence-corrected chi connectivity index (χ2v) is 5.66. The molecule has 4 heteroatoms. The van der Waals surface area contributed by atoms with Crippen molar-refractivity contribution in [3.05, 3.63) is 58.8 Å². The molecule has 0 aliphatic carbocycles. The smallest absolute Gasteiger partial charge is 0.0461 e. The Balaban J connectivity index is 2.06. The van der Waals surface area contributed by atoms with Gasteiger partial charge in [-0.1, -0.05) is 23.2 Å². The molecule has 0 aliphatic heterocycles. The monoisotopic (exact) mass is 300 g/mol. The van der Waals surface area contributed by atoms with Gasteiger partial charge in [0.15, 0.2) is 0 Å². The van der Waals surface area contributed by atoms with E-state index in [9.17, 15) is 0 Å². The van der Waals surface area contributed by atoms with Gasteiger partial charge in [0.1, 0.15) is 0 Å². The summed E-state index contributed by atoms with van der Waals surface area (Å²) in [6.45, 7) is 0. The number of hydrogen-bond donors (Lipinski definition) is 2. The first-order valence-electron chi connectivity index (χ1n) is 6.26. The Hall–Kier alpha value is -1.90. The molecule has 4 rings (SSSR count). The number of fused-ring (bicyclic) bond motifs is 2. The number of nitrogens with one attached hydrogen (secondary N) is 2. The Kier molecular flexibility index (Phi) is 2.56. The van der Waals surface area contributed by atoms with Crippen LogP contribution in [0.4, 0.5) is 0 Å². The molecule has 0 aliphatic rings. The molecule has 4 aromatic rings. The zero-order valence-electron chi connectivity index (χ0n) is 10.4. The Morgan fingerprint density at radius 2 is 1.10 bits per heavy atom. The van der Waals surface area contributed by atoms with Crippen molar-refractivity contribution < 1.29 is 0 Å². The van der Waals surface area contributed by atoms with E-state index in [4.69, 9.17) is 23.2 Å². The molecule has 0 bridgehead atoms. The molecule has 0 radical (unpaired) electrons. The quantitative estimate of drug-likeness (QED) is 0.457. The van der Waals surface area contributed by atoms with Gasteiger partial charge in [-0.2, -0.15) is 0 Å². The van der Waals surface area contributed by atoms with Gasteiger partial charge in [-0.3, -0.25) is 0 Å². The third-order valence-corrected chi connectivity index (χ3v) is 4.05. The molecule has 0 saturated carbocycles. The number of H-pyrrole nitrogens is 2. The van der Waals surface area contributed by atoms with Gasteiger partial charge in [0, 0.05) is 55.4 Å². The van der Waals surface area contributed by atoms with Crippen LogP contribution in [0.3, 0.4) is 0 Å². The first-order chi connectivity index (χ1) is 9.72. The molecule has 0 amide bonds. The van der Waals surface area contributed by atoms with Gasteiger partial charge in [-0.25, -0.2) is 0 Å². The third kappa shape index (κ3) is 1.73. The minimum Gasteiger partial charge on any atom is -0.361 e. The number of halogens is 2. The molecular weight excluding hydrogens is 291 g/mol. The number of aromatic nitrogens is 2. The van der Waals surface area contributed by atoms with Gasteiger partial charge in [0.2, 0.25) is 0 Å². The van der Waals surface area contributed by atoms with Crippen LogP contribution in [0.5, 0.6) is 0 Å². The maximum Gasteiger partial charge on any atom is 0.0461 e. The first kappa shape index (κ1) is 11.9. The minimum atomic E-state index is 0.733. The Bertz CT molecular complexity index is 856. The predicted molar refractivity (Wildman–Crippen MR) is 85.6 cm³/mol. The lowest BCUT2D eigenvalue weighted by Crippen LogP contribution is -1.74. The summed E-state index contributed by atoms with van der Waals surface area (Å²) in [5.41, 5.74) is 4.38. The highest BCUT2D eigenvalue weighted by Gasteiger charge is 2.11. The van der Waals surface area contributed by atoms with Crippen LogP contribution in [-0.4, -0.2) is 9.97 Å². The molecule has 2 N–H and O–H groups in total. The summed E-state index contributed by atoms with van der Waals surface area (Å²) in [4.78, 5) is 6.55. The van der Waals surface area contributed by atoms with Gasteiger partial charge < -0.3 is 9.97 Å². The molecule has 0 atom stereocenters. The van der Waals surface area contributed by atoms with E-state index in [1.807, 2.05) is 48.8 Å². The van der Waals surface area contributed by atoms with Gasteiger partial charge in [0.05, 0.1) is 0 Å². The molecule has 2 aromatic heterocycles. The van der Waals surface area contributed by atoms with Crippen LogP contribution >= 0.6 is 23.2 Å². The second kappa shape index (κ2) is 4.30. The number of aromatic amines is 2. The number of rotatable bonds is 1. The van der Waals surface area contributed by atoms with Gasteiger partial charge in [-0.15, -0.1) is 0 Å². The summed E-state index contributed by atoms with van der Waals surface area (Å²) < 4.78 is 0. The van der Waals surface area contributed by atoms with Crippen LogP contribution in [0.2, 0.25) is 10.0 Å². The van der Waals surface area contributed by atoms with E-state index < -0.39 is 0 Å². The van der Waals surface area contributed by atoms with Crippen molar-refractivity contribution in [3.63, 3.8) is 0 Å². The Morgan fingerprint density at radius 3 is 1.55 bits per heavy atom. The van der Waals surface area contributed by atoms with E-state index in [0.717, 1.165) is 43.0 Å². The van der Waals surface area contributed by atoms with E-state index in [0.29, 0.717) is 0 Å². The highest BCUT2D eigenvalue weighted by atomic mass is 35.5. The zero-order chi connectivity index (χ0) is 13.7. The lowest BCUT2D eigenvalue weighted by atomic mass is 10.0. The van der Waals surface area contributed by atoms with Crippen molar-refractivity contribution in [3.8, 4) is 11.1 Å². The highest BCUT2D eigenvalue weighted by molar-refractivity contribution is 6.32. The first-order valence-corrected chi connectivity index (χ1v) is 7.01. The average Bonchev–Trinajstić information content (AvgIpc) is 3.01. The van der Waals surface area contributed by atoms with Crippen LogP contribution in [0.25, 0.3) is 32.9 Å². The Morgan fingerprint density at radius 1 is 0.650 bits per heavy atom. The van der Waals surface area contributed by atoms with Crippen molar-refractivity contribution >= 4 is 45.0 Å². The molecule has 2 aromatic carbocycles. The molecular formula is C16H10Cl2N2. The molecule has 0 fully saturated rings. The summed E-state index contributed by atoms with van der Waals surface area (Å²) in [6.07, 6.45) is 4.01. The molecule has 2 nitrogen and oxygen atoms in total. The van der Waals surface area contributed by atoms with E-state index in [1.165, 1.54) is 0 Å². The van der Waals surface area contributed by atoms with E-state index in [1.54, 1.807) is 0 Å². The lowest BCUT2D eigenvalue weighted by molar-refractivity contribution is 1.46. The SMILES string of the molecule is Clc1ccc2[nH]cc(-c3c[nH]c4ccc(Cl)cc34)c2c1. The lowest BCUT2D eigenvalue weighted by Gasteiger charge is -1.99. The van der Waals surface area contributed by atoms with E-state index in [-0.39, 0.29) is 0 Å². The number of benzene rings is 2. The average molecular weight is 301 g/mol. The molecule has 0 saturated heterocycles. The van der Waals surface area contributed by atoms with Crippen molar-refractivity contribution in [2.45, 2.75) is 0 Å². The van der Waals surface area contributed by atoms with E-state index >= 15 is 0 Å². The highest BCUT2D eigenvalue weighted by Crippen LogP contribution is 2.35. The maximum absolute atomic E-state index is 6.11. The van der Waals surface area contributed by atoms with Crippen LogP contribution in [0.1, 0.15) is 0 Å². The number of hydrogen-bond acceptors (Lipinski definition) is 0. The van der Waals surface area contributed by atoms with Crippen LogP contribution in [0.15, 0.2) is 48.8 Å². The van der Waals surface area contributed by atoms with Gasteiger partial charge >= 0.3 is 0 Å². The Labute approximate surface area is 125 Å². The molecule has 20 heavy (non-hydrogen) atoms. The summed E-state index contributed by atoms with van der Waals surface area (Å²) in [5, 5.41) is 3.68. The topological polar surface area (TPSA) is 31.6 Å². The van der Waals surface area contributed by atoms with Crippen LogP contribution in [-0.2, 0) is 0 Å². The van der Waals surface area contributed by atoms with Gasteiger partial charge in [0.25, 0.3) is 0 Å². The summed E-state index contributed by atoms with van der Waals surface area (Å²) in [6, 6.07) is 11.7. The third-order valence-electron chi connectivity index (χ3n) is 3.58.